The molecule has 0 saturated heterocycles. The highest BCUT2D eigenvalue weighted by molar-refractivity contribution is 6.42. The molecule has 0 aliphatic carbocycles. The molecule has 0 N–H and O–H groups in total. The fourth-order valence-corrected chi connectivity index (χ4v) is 0.901. The van der Waals surface area contributed by atoms with Gasteiger partial charge < -0.3 is 4.74 Å². The molecule has 0 aromatic heterocycles. The highest BCUT2D eigenvalue weighted by Crippen LogP contribution is 2.24. The maximum atomic E-state index is 10.9. The summed E-state index contributed by atoms with van der Waals surface area (Å²) in [5, 5.41) is 0.194. The molecule has 0 radical (unpaired) electrons. The van der Waals surface area contributed by atoms with Gasteiger partial charge in [0, 0.05) is 0 Å². The molecule has 1 aliphatic heterocycles. The van der Waals surface area contributed by atoms with Gasteiger partial charge in [0.1, 0.15) is 16.9 Å². The van der Waals surface area contributed by atoms with Crippen molar-refractivity contribution in [2.45, 2.75) is 25.9 Å². The van der Waals surface area contributed by atoms with Crippen molar-refractivity contribution in [3.05, 3.63) is 11.3 Å². The number of carbonyl (C=O) groups is 1. The molecule has 0 unspecified atom stereocenters. The summed E-state index contributed by atoms with van der Waals surface area (Å²) < 4.78 is 5.13. The Labute approximate surface area is 64.8 Å². The topological polar surface area (TPSA) is 26.3 Å². The molecule has 3 heteroatoms. The number of ether oxygens (including phenoxy) is 1. The van der Waals surface area contributed by atoms with Crippen LogP contribution >= 0.6 is 11.6 Å². The first-order valence-corrected chi connectivity index (χ1v) is 3.46. The summed E-state index contributed by atoms with van der Waals surface area (Å²) >= 11 is 5.48. The molecule has 1 rings (SSSR count). The maximum absolute atomic E-state index is 10.9. The van der Waals surface area contributed by atoms with Gasteiger partial charge in [-0.2, -0.15) is 0 Å². The fraction of sp³-hybridized carbons (Fsp3) is 0.571. The zero-order valence-electron chi connectivity index (χ0n) is 5.98. The van der Waals surface area contributed by atoms with E-state index in [-0.39, 0.29) is 16.4 Å². The van der Waals surface area contributed by atoms with Gasteiger partial charge in [0.25, 0.3) is 0 Å². The number of Topliss-reactive ketones (excluding diaryl/α,β-unsaturated/α-hetero) is 1. The Morgan fingerprint density at radius 1 is 1.70 bits per heavy atom. The van der Waals surface area contributed by atoms with Crippen LogP contribution in [0.3, 0.4) is 0 Å². The molecule has 0 bridgehead atoms. The summed E-state index contributed by atoms with van der Waals surface area (Å²) in [6, 6.07) is 0. The van der Waals surface area contributed by atoms with E-state index in [1.807, 2.05) is 13.8 Å². The predicted molar refractivity (Wildman–Crippen MR) is 38.7 cm³/mol. The first kappa shape index (κ1) is 7.61. The van der Waals surface area contributed by atoms with Crippen molar-refractivity contribution in [3.63, 3.8) is 0 Å². The SMILES string of the molecule is CC1(C)CC(=O)C(Cl)=CO1. The minimum atomic E-state index is -0.379. The van der Waals surface area contributed by atoms with Crippen molar-refractivity contribution in [1.29, 1.82) is 0 Å². The van der Waals surface area contributed by atoms with E-state index in [9.17, 15) is 4.79 Å². The van der Waals surface area contributed by atoms with Gasteiger partial charge in [-0.05, 0) is 13.8 Å². The lowest BCUT2D eigenvalue weighted by Gasteiger charge is -2.26. The van der Waals surface area contributed by atoms with E-state index < -0.39 is 0 Å². The van der Waals surface area contributed by atoms with E-state index in [0.29, 0.717) is 6.42 Å². The summed E-state index contributed by atoms with van der Waals surface area (Å²) in [5.74, 6) is -0.0436. The Balaban J connectivity index is 2.79. The van der Waals surface area contributed by atoms with E-state index in [0.717, 1.165) is 0 Å². The molecule has 0 amide bonds. The Bertz CT molecular complexity index is 194. The second kappa shape index (κ2) is 2.27. The zero-order chi connectivity index (χ0) is 7.78. The van der Waals surface area contributed by atoms with Crippen LogP contribution in [0.25, 0.3) is 0 Å². The number of allylic oxidation sites excluding steroid dienone is 1. The summed E-state index contributed by atoms with van der Waals surface area (Å²) in [6.07, 6.45) is 1.68. The number of ketones is 1. The normalized spacial score (nSPS) is 23.5. The molecule has 1 aliphatic rings. The van der Waals surface area contributed by atoms with Crippen molar-refractivity contribution < 1.29 is 9.53 Å². The van der Waals surface area contributed by atoms with Crippen molar-refractivity contribution in [1.82, 2.24) is 0 Å². The average Bonchev–Trinajstić information content (AvgIpc) is 1.79. The standard InChI is InChI=1S/C7H9ClO2/c1-7(2)3-6(9)5(8)4-10-7/h4H,3H2,1-2H3. The minimum absolute atomic E-state index is 0.0436. The van der Waals surface area contributed by atoms with Crippen LogP contribution in [-0.2, 0) is 9.53 Å². The second-order valence-corrected chi connectivity index (χ2v) is 3.35. The first-order valence-electron chi connectivity index (χ1n) is 3.08. The summed E-state index contributed by atoms with van der Waals surface area (Å²) in [7, 11) is 0. The third kappa shape index (κ3) is 1.51. The summed E-state index contributed by atoms with van der Waals surface area (Å²) in [5.41, 5.74) is -0.379. The van der Waals surface area contributed by atoms with E-state index in [1.165, 1.54) is 6.26 Å². The van der Waals surface area contributed by atoms with Crippen LogP contribution in [0.5, 0.6) is 0 Å². The van der Waals surface area contributed by atoms with E-state index in [2.05, 4.69) is 0 Å². The van der Waals surface area contributed by atoms with Crippen LogP contribution in [0.4, 0.5) is 0 Å². The van der Waals surface area contributed by atoms with E-state index >= 15 is 0 Å². The second-order valence-electron chi connectivity index (χ2n) is 2.94. The molecule has 56 valence electrons. The average molecular weight is 161 g/mol. The van der Waals surface area contributed by atoms with Crippen molar-refractivity contribution in [3.8, 4) is 0 Å². The van der Waals surface area contributed by atoms with Gasteiger partial charge in [0.2, 0.25) is 0 Å². The van der Waals surface area contributed by atoms with Crippen molar-refractivity contribution in [2.75, 3.05) is 0 Å². The van der Waals surface area contributed by atoms with E-state index in [4.69, 9.17) is 16.3 Å². The van der Waals surface area contributed by atoms with Crippen molar-refractivity contribution in [2.24, 2.45) is 0 Å². The molecule has 0 saturated carbocycles. The Morgan fingerprint density at radius 3 is 2.70 bits per heavy atom. The maximum Gasteiger partial charge on any atom is 0.181 e. The molecule has 10 heavy (non-hydrogen) atoms. The molecule has 2 nitrogen and oxygen atoms in total. The molecule has 0 atom stereocenters. The van der Waals surface area contributed by atoms with Crippen LogP contribution in [0.2, 0.25) is 0 Å². The molecule has 0 aromatic rings. The van der Waals surface area contributed by atoms with Crippen LogP contribution < -0.4 is 0 Å². The van der Waals surface area contributed by atoms with E-state index in [1.54, 1.807) is 0 Å². The van der Waals surface area contributed by atoms with Crippen LogP contribution in [0.1, 0.15) is 20.3 Å². The molecule has 1 heterocycles. The number of hydrogen-bond acceptors (Lipinski definition) is 2. The van der Waals surface area contributed by atoms with Gasteiger partial charge in [0.05, 0.1) is 6.42 Å². The molecular weight excluding hydrogens is 152 g/mol. The van der Waals surface area contributed by atoms with Crippen LogP contribution in [0, 0.1) is 0 Å². The smallest absolute Gasteiger partial charge is 0.181 e. The fourth-order valence-electron chi connectivity index (χ4n) is 0.790. The Hall–Kier alpha value is -0.500. The van der Waals surface area contributed by atoms with Crippen molar-refractivity contribution >= 4 is 17.4 Å². The molecule has 0 aromatic carbocycles. The Kier molecular flexibility index (Phi) is 1.73. The number of rotatable bonds is 0. The zero-order valence-corrected chi connectivity index (χ0v) is 6.73. The van der Waals surface area contributed by atoms with Gasteiger partial charge in [0.15, 0.2) is 5.78 Å². The predicted octanol–water partition coefficient (Wildman–Crippen LogP) is 1.83. The quantitative estimate of drug-likeness (QED) is 0.541. The third-order valence-corrected chi connectivity index (χ3v) is 1.63. The van der Waals surface area contributed by atoms with Gasteiger partial charge in [-0.25, -0.2) is 0 Å². The number of hydrogen-bond donors (Lipinski definition) is 0. The Morgan fingerprint density at radius 2 is 2.30 bits per heavy atom. The number of carbonyl (C=O) groups excluding carboxylic acids is 1. The highest BCUT2D eigenvalue weighted by Gasteiger charge is 2.28. The van der Waals surface area contributed by atoms with Gasteiger partial charge in [-0.3, -0.25) is 4.79 Å². The lowest BCUT2D eigenvalue weighted by atomic mass is 10.00. The van der Waals surface area contributed by atoms with Gasteiger partial charge in [-0.15, -0.1) is 0 Å². The monoisotopic (exact) mass is 160 g/mol. The summed E-state index contributed by atoms with van der Waals surface area (Å²) in [4.78, 5) is 10.9. The van der Waals surface area contributed by atoms with Crippen LogP contribution in [0.15, 0.2) is 11.3 Å². The lowest BCUT2D eigenvalue weighted by Crippen LogP contribution is -2.29. The molecule has 0 spiro atoms. The minimum Gasteiger partial charge on any atom is -0.493 e. The molecule has 0 fully saturated rings. The first-order chi connectivity index (χ1) is 4.51. The lowest BCUT2D eigenvalue weighted by molar-refractivity contribution is -0.121. The van der Waals surface area contributed by atoms with Gasteiger partial charge >= 0.3 is 0 Å². The van der Waals surface area contributed by atoms with Crippen LogP contribution in [-0.4, -0.2) is 11.4 Å². The highest BCUT2D eigenvalue weighted by atomic mass is 35.5. The van der Waals surface area contributed by atoms with Gasteiger partial charge in [-0.1, -0.05) is 11.6 Å². The largest absolute Gasteiger partial charge is 0.493 e. The third-order valence-electron chi connectivity index (χ3n) is 1.33. The molecular formula is C7H9ClO2. The summed E-state index contributed by atoms with van der Waals surface area (Å²) in [6.45, 7) is 3.70. The number of halogens is 1.